The van der Waals surface area contributed by atoms with Crippen LogP contribution in [0.1, 0.15) is 44.0 Å². The van der Waals surface area contributed by atoms with Gasteiger partial charge in [0.25, 0.3) is 0 Å². The molecule has 1 aromatic rings. The van der Waals surface area contributed by atoms with Crippen molar-refractivity contribution in [1.29, 1.82) is 0 Å². The molecule has 86 valence electrons. The van der Waals surface area contributed by atoms with Gasteiger partial charge in [0, 0.05) is 18.5 Å². The summed E-state index contributed by atoms with van der Waals surface area (Å²) < 4.78 is 5.62. The molecule has 1 aromatic heterocycles. The first-order valence-corrected chi connectivity index (χ1v) is 6.46. The van der Waals surface area contributed by atoms with Crippen LogP contribution in [0.5, 0.6) is 0 Å². The Kier molecular flexibility index (Phi) is 5.83. The van der Waals surface area contributed by atoms with Crippen LogP contribution in [0.25, 0.3) is 0 Å². The highest BCUT2D eigenvalue weighted by Gasteiger charge is 2.13. The van der Waals surface area contributed by atoms with Gasteiger partial charge in [-0.05, 0) is 19.9 Å². The number of ether oxygens (including phenoxy) is 1. The molecule has 0 spiro atoms. The quantitative estimate of drug-likeness (QED) is 0.779. The normalized spacial score (nSPS) is 13.0. The molecular weight excluding hydrogens is 208 g/mol. The SMILES string of the molecule is CCNCc1csc(C(CC)OCC)n1. The van der Waals surface area contributed by atoms with Crippen LogP contribution >= 0.6 is 11.3 Å². The average Bonchev–Trinajstić information content (AvgIpc) is 2.71. The van der Waals surface area contributed by atoms with Crippen molar-refractivity contribution in [2.75, 3.05) is 13.2 Å². The predicted molar refractivity (Wildman–Crippen MR) is 64.2 cm³/mol. The number of nitrogens with zero attached hydrogens (tertiary/aromatic N) is 1. The number of aromatic nitrogens is 1. The maximum atomic E-state index is 5.62. The van der Waals surface area contributed by atoms with Gasteiger partial charge in [0.1, 0.15) is 11.1 Å². The fourth-order valence-electron chi connectivity index (χ4n) is 1.37. The highest BCUT2D eigenvalue weighted by molar-refractivity contribution is 7.09. The molecule has 0 aliphatic rings. The van der Waals surface area contributed by atoms with Crippen molar-refractivity contribution in [3.05, 3.63) is 16.1 Å². The number of thiazole rings is 1. The summed E-state index contributed by atoms with van der Waals surface area (Å²) in [5.74, 6) is 0. The standard InChI is InChI=1S/C11H20N2OS/c1-4-10(14-6-3)11-13-9(8-15-11)7-12-5-2/h8,10,12H,4-7H2,1-3H3. The van der Waals surface area contributed by atoms with Crippen molar-refractivity contribution >= 4 is 11.3 Å². The Morgan fingerprint density at radius 1 is 1.47 bits per heavy atom. The van der Waals surface area contributed by atoms with E-state index in [4.69, 9.17) is 4.74 Å². The van der Waals surface area contributed by atoms with Crippen LogP contribution in [0.2, 0.25) is 0 Å². The molecule has 0 aromatic carbocycles. The molecule has 0 aliphatic carbocycles. The summed E-state index contributed by atoms with van der Waals surface area (Å²) in [6.45, 7) is 8.84. The van der Waals surface area contributed by atoms with Crippen molar-refractivity contribution in [3.8, 4) is 0 Å². The van der Waals surface area contributed by atoms with Gasteiger partial charge in [0.15, 0.2) is 0 Å². The fraction of sp³-hybridized carbons (Fsp3) is 0.727. The van der Waals surface area contributed by atoms with E-state index < -0.39 is 0 Å². The predicted octanol–water partition coefficient (Wildman–Crippen LogP) is 2.74. The monoisotopic (exact) mass is 228 g/mol. The van der Waals surface area contributed by atoms with Gasteiger partial charge in [-0.1, -0.05) is 13.8 Å². The maximum absolute atomic E-state index is 5.62. The van der Waals surface area contributed by atoms with E-state index in [9.17, 15) is 0 Å². The van der Waals surface area contributed by atoms with Gasteiger partial charge < -0.3 is 10.1 Å². The van der Waals surface area contributed by atoms with Gasteiger partial charge in [0.05, 0.1) is 5.69 Å². The summed E-state index contributed by atoms with van der Waals surface area (Å²) in [5, 5.41) is 6.48. The number of nitrogens with one attached hydrogen (secondary N) is 1. The third kappa shape index (κ3) is 3.89. The van der Waals surface area contributed by atoms with Crippen LogP contribution in [-0.4, -0.2) is 18.1 Å². The molecule has 15 heavy (non-hydrogen) atoms. The first-order valence-electron chi connectivity index (χ1n) is 5.58. The minimum atomic E-state index is 0.176. The summed E-state index contributed by atoms with van der Waals surface area (Å²) in [7, 11) is 0. The molecular formula is C11H20N2OS. The summed E-state index contributed by atoms with van der Waals surface area (Å²) in [6, 6.07) is 0. The molecule has 0 amide bonds. The van der Waals surface area contributed by atoms with Crippen LogP contribution in [0.4, 0.5) is 0 Å². The highest BCUT2D eigenvalue weighted by Crippen LogP contribution is 2.24. The molecule has 1 N–H and O–H groups in total. The third-order valence-electron chi connectivity index (χ3n) is 2.14. The van der Waals surface area contributed by atoms with Gasteiger partial charge in [-0.3, -0.25) is 0 Å². The molecule has 0 radical (unpaired) electrons. The molecule has 3 nitrogen and oxygen atoms in total. The molecule has 0 saturated heterocycles. The second kappa shape index (κ2) is 6.93. The molecule has 4 heteroatoms. The third-order valence-corrected chi connectivity index (χ3v) is 3.13. The van der Waals surface area contributed by atoms with E-state index in [0.29, 0.717) is 0 Å². The lowest BCUT2D eigenvalue weighted by Gasteiger charge is -2.11. The van der Waals surface area contributed by atoms with Crippen LogP contribution < -0.4 is 5.32 Å². The van der Waals surface area contributed by atoms with Gasteiger partial charge in [-0.15, -0.1) is 11.3 Å². The first-order chi connectivity index (χ1) is 7.31. The largest absolute Gasteiger partial charge is 0.371 e. The zero-order valence-electron chi connectivity index (χ0n) is 9.75. The molecule has 1 atom stereocenters. The van der Waals surface area contributed by atoms with Gasteiger partial charge in [-0.25, -0.2) is 4.98 Å². The minimum absolute atomic E-state index is 0.176. The van der Waals surface area contributed by atoms with Crippen molar-refractivity contribution in [1.82, 2.24) is 10.3 Å². The Balaban J connectivity index is 2.56. The van der Waals surface area contributed by atoms with E-state index in [1.54, 1.807) is 11.3 Å². The highest BCUT2D eigenvalue weighted by atomic mass is 32.1. The number of hydrogen-bond donors (Lipinski definition) is 1. The molecule has 1 unspecified atom stereocenters. The average molecular weight is 228 g/mol. The van der Waals surface area contributed by atoms with Gasteiger partial charge in [-0.2, -0.15) is 0 Å². The fourth-order valence-corrected chi connectivity index (χ4v) is 2.32. The van der Waals surface area contributed by atoms with E-state index in [2.05, 4.69) is 29.5 Å². The summed E-state index contributed by atoms with van der Waals surface area (Å²) in [4.78, 5) is 4.57. The topological polar surface area (TPSA) is 34.1 Å². The number of hydrogen-bond acceptors (Lipinski definition) is 4. The molecule has 1 rings (SSSR count). The zero-order chi connectivity index (χ0) is 11.1. The molecule has 1 heterocycles. The second-order valence-electron chi connectivity index (χ2n) is 3.31. The Labute approximate surface area is 95.9 Å². The summed E-state index contributed by atoms with van der Waals surface area (Å²) in [6.07, 6.45) is 1.16. The lowest BCUT2D eigenvalue weighted by molar-refractivity contribution is 0.0595. The molecule has 0 fully saturated rings. The van der Waals surface area contributed by atoms with Crippen LogP contribution in [0.15, 0.2) is 5.38 Å². The summed E-state index contributed by atoms with van der Waals surface area (Å²) >= 11 is 1.70. The minimum Gasteiger partial charge on any atom is -0.371 e. The van der Waals surface area contributed by atoms with E-state index in [-0.39, 0.29) is 6.10 Å². The first kappa shape index (κ1) is 12.6. The van der Waals surface area contributed by atoms with Crippen LogP contribution in [-0.2, 0) is 11.3 Å². The van der Waals surface area contributed by atoms with Crippen LogP contribution in [0, 0.1) is 0 Å². The number of rotatable bonds is 7. The van der Waals surface area contributed by atoms with E-state index in [1.165, 1.54) is 0 Å². The zero-order valence-corrected chi connectivity index (χ0v) is 10.6. The Morgan fingerprint density at radius 3 is 2.87 bits per heavy atom. The lowest BCUT2D eigenvalue weighted by atomic mass is 10.3. The maximum Gasteiger partial charge on any atom is 0.122 e. The Hall–Kier alpha value is -0.450. The van der Waals surface area contributed by atoms with Crippen LogP contribution in [0.3, 0.4) is 0 Å². The lowest BCUT2D eigenvalue weighted by Crippen LogP contribution is -2.12. The summed E-state index contributed by atoms with van der Waals surface area (Å²) in [5.41, 5.74) is 1.12. The Morgan fingerprint density at radius 2 is 2.27 bits per heavy atom. The van der Waals surface area contributed by atoms with Crippen molar-refractivity contribution in [2.24, 2.45) is 0 Å². The molecule has 0 aliphatic heterocycles. The molecule has 0 saturated carbocycles. The Bertz CT molecular complexity index is 275. The second-order valence-corrected chi connectivity index (χ2v) is 4.20. The van der Waals surface area contributed by atoms with Crippen molar-refractivity contribution in [2.45, 2.75) is 39.8 Å². The molecule has 0 bridgehead atoms. The van der Waals surface area contributed by atoms with Crippen molar-refractivity contribution in [3.63, 3.8) is 0 Å². The van der Waals surface area contributed by atoms with Crippen molar-refractivity contribution < 1.29 is 4.74 Å². The van der Waals surface area contributed by atoms with E-state index >= 15 is 0 Å². The smallest absolute Gasteiger partial charge is 0.122 e. The van der Waals surface area contributed by atoms with Gasteiger partial charge in [0.2, 0.25) is 0 Å². The van der Waals surface area contributed by atoms with Gasteiger partial charge >= 0.3 is 0 Å². The van der Waals surface area contributed by atoms with E-state index in [1.807, 2.05) is 6.92 Å². The van der Waals surface area contributed by atoms with E-state index in [0.717, 1.165) is 36.8 Å².